The third kappa shape index (κ3) is 2.38. The minimum Gasteiger partial charge on any atom is -0.358 e. The van der Waals surface area contributed by atoms with Crippen molar-refractivity contribution in [1.82, 2.24) is 9.97 Å². The zero-order valence-corrected chi connectivity index (χ0v) is 11.7. The highest BCUT2D eigenvalue weighted by Crippen LogP contribution is 2.23. The number of nitrogens with zero attached hydrogens (tertiary/aromatic N) is 1. The smallest absolute Gasteiger partial charge is 0.255 e. The molecule has 0 saturated carbocycles. The van der Waals surface area contributed by atoms with Gasteiger partial charge in [0.25, 0.3) is 5.91 Å². The van der Waals surface area contributed by atoms with Crippen LogP contribution in [0.25, 0.3) is 10.9 Å². The summed E-state index contributed by atoms with van der Waals surface area (Å²) in [6.45, 7) is 3.99. The van der Waals surface area contributed by atoms with Crippen molar-refractivity contribution in [3.05, 3.63) is 59.3 Å². The standard InChI is InChI=1S/C16H14FN3O/c1-9-10(2)19-14-4-3-11(7-12(9)14)16(21)20-15-5-6-18-8-13(15)17/h3-8,19H,1-2H3,(H,18,20,21). The molecule has 21 heavy (non-hydrogen) atoms. The van der Waals surface area contributed by atoms with Crippen molar-refractivity contribution in [3.63, 3.8) is 0 Å². The van der Waals surface area contributed by atoms with Crippen LogP contribution in [0.15, 0.2) is 36.7 Å². The van der Waals surface area contributed by atoms with E-state index in [4.69, 9.17) is 0 Å². The quantitative estimate of drug-likeness (QED) is 0.755. The van der Waals surface area contributed by atoms with Crippen molar-refractivity contribution in [3.8, 4) is 0 Å². The molecule has 0 aliphatic carbocycles. The van der Waals surface area contributed by atoms with Crippen LogP contribution < -0.4 is 5.32 Å². The number of aryl methyl sites for hydroxylation is 2. The van der Waals surface area contributed by atoms with Crippen LogP contribution in [-0.4, -0.2) is 15.9 Å². The molecule has 0 saturated heterocycles. The second kappa shape index (κ2) is 5.01. The number of rotatable bonds is 2. The fourth-order valence-electron chi connectivity index (χ4n) is 2.27. The van der Waals surface area contributed by atoms with Crippen molar-refractivity contribution in [2.75, 3.05) is 5.32 Å². The van der Waals surface area contributed by atoms with Crippen molar-refractivity contribution in [1.29, 1.82) is 0 Å². The maximum absolute atomic E-state index is 13.5. The van der Waals surface area contributed by atoms with Crippen molar-refractivity contribution in [2.45, 2.75) is 13.8 Å². The van der Waals surface area contributed by atoms with Crippen LogP contribution in [0.2, 0.25) is 0 Å². The third-order valence-electron chi connectivity index (χ3n) is 3.59. The van der Waals surface area contributed by atoms with Crippen LogP contribution in [-0.2, 0) is 0 Å². The summed E-state index contributed by atoms with van der Waals surface area (Å²) in [5.41, 5.74) is 3.77. The minimum absolute atomic E-state index is 0.122. The van der Waals surface area contributed by atoms with Gasteiger partial charge in [-0.25, -0.2) is 4.39 Å². The van der Waals surface area contributed by atoms with E-state index < -0.39 is 5.82 Å². The molecule has 3 aromatic rings. The number of carbonyl (C=O) groups excluding carboxylic acids is 1. The molecule has 2 N–H and O–H groups in total. The number of hydrogen-bond acceptors (Lipinski definition) is 2. The molecule has 3 rings (SSSR count). The molecule has 0 radical (unpaired) electrons. The largest absolute Gasteiger partial charge is 0.358 e. The van der Waals surface area contributed by atoms with Crippen LogP contribution in [0.1, 0.15) is 21.6 Å². The highest BCUT2D eigenvalue weighted by molar-refractivity contribution is 6.06. The van der Waals surface area contributed by atoms with Gasteiger partial charge in [-0.1, -0.05) is 0 Å². The van der Waals surface area contributed by atoms with E-state index in [0.29, 0.717) is 5.56 Å². The topological polar surface area (TPSA) is 57.8 Å². The van der Waals surface area contributed by atoms with Gasteiger partial charge in [-0.3, -0.25) is 9.78 Å². The number of benzene rings is 1. The van der Waals surface area contributed by atoms with E-state index in [2.05, 4.69) is 15.3 Å². The van der Waals surface area contributed by atoms with E-state index >= 15 is 0 Å². The molecule has 0 aliphatic rings. The summed E-state index contributed by atoms with van der Waals surface area (Å²) in [6, 6.07) is 6.80. The lowest BCUT2D eigenvalue weighted by Gasteiger charge is -2.06. The van der Waals surface area contributed by atoms with E-state index in [1.165, 1.54) is 12.3 Å². The summed E-state index contributed by atoms with van der Waals surface area (Å²) in [4.78, 5) is 19.1. The molecular weight excluding hydrogens is 269 g/mol. The van der Waals surface area contributed by atoms with Gasteiger partial charge < -0.3 is 10.3 Å². The molecule has 2 heterocycles. The lowest BCUT2D eigenvalue weighted by atomic mass is 10.1. The highest BCUT2D eigenvalue weighted by Gasteiger charge is 2.12. The van der Waals surface area contributed by atoms with Crippen LogP contribution in [0, 0.1) is 19.7 Å². The number of fused-ring (bicyclic) bond motifs is 1. The predicted octanol–water partition coefficient (Wildman–Crippen LogP) is 3.57. The van der Waals surface area contributed by atoms with Crippen LogP contribution in [0.5, 0.6) is 0 Å². The zero-order valence-electron chi connectivity index (χ0n) is 11.7. The predicted molar refractivity (Wildman–Crippen MR) is 79.9 cm³/mol. The van der Waals surface area contributed by atoms with Crippen LogP contribution in [0.3, 0.4) is 0 Å². The second-order valence-corrected chi connectivity index (χ2v) is 4.95. The van der Waals surface area contributed by atoms with Gasteiger partial charge >= 0.3 is 0 Å². The van der Waals surface area contributed by atoms with Gasteiger partial charge in [0.05, 0.1) is 11.9 Å². The number of carbonyl (C=O) groups is 1. The zero-order chi connectivity index (χ0) is 15.0. The van der Waals surface area contributed by atoms with Gasteiger partial charge in [0.1, 0.15) is 0 Å². The maximum atomic E-state index is 13.5. The molecular formula is C16H14FN3O. The Morgan fingerprint density at radius 3 is 2.86 bits per heavy atom. The molecule has 0 atom stereocenters. The second-order valence-electron chi connectivity index (χ2n) is 4.95. The Morgan fingerprint density at radius 1 is 1.29 bits per heavy atom. The van der Waals surface area contributed by atoms with Gasteiger partial charge in [-0.2, -0.15) is 0 Å². The van der Waals surface area contributed by atoms with Crippen molar-refractivity contribution in [2.24, 2.45) is 0 Å². The first-order valence-electron chi connectivity index (χ1n) is 6.56. The number of halogens is 1. The molecule has 0 aliphatic heterocycles. The molecule has 0 unspecified atom stereocenters. The molecule has 106 valence electrons. The number of pyridine rings is 1. The molecule has 2 aromatic heterocycles. The summed E-state index contributed by atoms with van der Waals surface area (Å²) in [5.74, 6) is -0.902. The van der Waals surface area contributed by atoms with Gasteiger partial charge in [-0.05, 0) is 43.7 Å². The van der Waals surface area contributed by atoms with Gasteiger partial charge in [-0.15, -0.1) is 0 Å². The van der Waals surface area contributed by atoms with Gasteiger partial charge in [0.2, 0.25) is 0 Å². The molecule has 1 aromatic carbocycles. The summed E-state index contributed by atoms with van der Waals surface area (Å²) in [5, 5.41) is 3.55. The minimum atomic E-state index is -0.555. The van der Waals surface area contributed by atoms with Gasteiger partial charge in [0.15, 0.2) is 5.82 Å². The van der Waals surface area contributed by atoms with Crippen LogP contribution in [0.4, 0.5) is 10.1 Å². The molecule has 5 heteroatoms. The number of nitrogens with one attached hydrogen (secondary N) is 2. The van der Waals surface area contributed by atoms with E-state index in [1.807, 2.05) is 26.0 Å². The number of aromatic amines is 1. The summed E-state index contributed by atoms with van der Waals surface area (Å²) in [7, 11) is 0. The number of hydrogen-bond donors (Lipinski definition) is 2. The van der Waals surface area contributed by atoms with E-state index in [9.17, 15) is 9.18 Å². The number of H-pyrrole nitrogens is 1. The van der Waals surface area contributed by atoms with E-state index in [-0.39, 0.29) is 11.6 Å². The van der Waals surface area contributed by atoms with Crippen molar-refractivity contribution < 1.29 is 9.18 Å². The molecule has 1 amide bonds. The molecule has 0 spiro atoms. The van der Waals surface area contributed by atoms with Gasteiger partial charge in [0, 0.05) is 28.4 Å². The number of amides is 1. The molecule has 0 fully saturated rings. The first kappa shape index (κ1) is 13.3. The normalized spacial score (nSPS) is 10.8. The summed E-state index contributed by atoms with van der Waals surface area (Å²) < 4.78 is 13.5. The fraction of sp³-hybridized carbons (Fsp3) is 0.125. The Balaban J connectivity index is 1.95. The first-order valence-corrected chi connectivity index (χ1v) is 6.56. The average Bonchev–Trinajstić information content (AvgIpc) is 2.76. The Morgan fingerprint density at radius 2 is 2.10 bits per heavy atom. The number of aromatic nitrogens is 2. The average molecular weight is 283 g/mol. The lowest BCUT2D eigenvalue weighted by Crippen LogP contribution is -2.13. The SMILES string of the molecule is Cc1[nH]c2ccc(C(=O)Nc3ccncc3F)cc2c1C. The molecule has 4 nitrogen and oxygen atoms in total. The Bertz CT molecular complexity index is 839. The van der Waals surface area contributed by atoms with E-state index in [1.54, 1.807) is 6.07 Å². The highest BCUT2D eigenvalue weighted by atomic mass is 19.1. The fourth-order valence-corrected chi connectivity index (χ4v) is 2.27. The number of anilines is 1. The summed E-state index contributed by atoms with van der Waals surface area (Å²) >= 11 is 0. The molecule has 0 bridgehead atoms. The van der Waals surface area contributed by atoms with Crippen LogP contribution >= 0.6 is 0 Å². The monoisotopic (exact) mass is 283 g/mol. The Kier molecular flexibility index (Phi) is 3.17. The summed E-state index contributed by atoms with van der Waals surface area (Å²) in [6.07, 6.45) is 2.50. The van der Waals surface area contributed by atoms with E-state index in [0.717, 1.165) is 28.4 Å². The third-order valence-corrected chi connectivity index (χ3v) is 3.59. The first-order chi connectivity index (χ1) is 10.1. The van der Waals surface area contributed by atoms with Crippen molar-refractivity contribution >= 4 is 22.5 Å². The Labute approximate surface area is 121 Å². The maximum Gasteiger partial charge on any atom is 0.255 e. The lowest BCUT2D eigenvalue weighted by molar-refractivity contribution is 0.102. The Hall–Kier alpha value is -2.69.